The van der Waals surface area contributed by atoms with Crippen LogP contribution < -0.4 is 10.1 Å². The molecule has 6 nitrogen and oxygen atoms in total. The van der Waals surface area contributed by atoms with E-state index in [0.717, 1.165) is 37.1 Å². The summed E-state index contributed by atoms with van der Waals surface area (Å²) in [4.78, 5) is 26.1. The third kappa shape index (κ3) is 7.79. The second-order valence-corrected chi connectivity index (χ2v) is 8.42. The van der Waals surface area contributed by atoms with Gasteiger partial charge in [-0.1, -0.05) is 12.1 Å². The number of carbonyl (C=O) groups is 2. The Morgan fingerprint density at radius 1 is 1.29 bits per heavy atom. The third-order valence-electron chi connectivity index (χ3n) is 4.82. The van der Waals surface area contributed by atoms with Gasteiger partial charge in [-0.2, -0.15) is 0 Å². The Balaban J connectivity index is 1.67. The maximum absolute atomic E-state index is 12.2. The van der Waals surface area contributed by atoms with Gasteiger partial charge in [0.25, 0.3) is 0 Å². The summed E-state index contributed by atoms with van der Waals surface area (Å²) in [5.74, 6) is 1.27. The van der Waals surface area contributed by atoms with Crippen molar-refractivity contribution in [3.05, 3.63) is 29.8 Å². The summed E-state index contributed by atoms with van der Waals surface area (Å²) in [7, 11) is 1.64. The highest BCUT2D eigenvalue weighted by atomic mass is 16.6. The van der Waals surface area contributed by atoms with E-state index in [1.54, 1.807) is 12.0 Å². The van der Waals surface area contributed by atoms with E-state index >= 15 is 0 Å². The molecule has 1 aliphatic heterocycles. The molecule has 1 fully saturated rings. The van der Waals surface area contributed by atoms with E-state index in [1.807, 2.05) is 45.0 Å². The molecule has 1 atom stereocenters. The van der Waals surface area contributed by atoms with Crippen LogP contribution in [0.25, 0.3) is 0 Å². The Labute approximate surface area is 168 Å². The Bertz CT molecular complexity index is 654. The van der Waals surface area contributed by atoms with Crippen molar-refractivity contribution in [2.24, 2.45) is 5.92 Å². The number of hydrogen-bond donors (Lipinski definition) is 1. The van der Waals surface area contributed by atoms with Crippen LogP contribution >= 0.6 is 0 Å². The largest absolute Gasteiger partial charge is 0.497 e. The molecule has 156 valence electrons. The molecule has 28 heavy (non-hydrogen) atoms. The molecule has 2 amide bonds. The first-order valence-corrected chi connectivity index (χ1v) is 10.1. The average molecular weight is 391 g/mol. The maximum Gasteiger partial charge on any atom is 0.410 e. The predicted octanol–water partition coefficient (Wildman–Crippen LogP) is 3.78. The zero-order valence-electron chi connectivity index (χ0n) is 17.6. The first-order valence-electron chi connectivity index (χ1n) is 10.1. The van der Waals surface area contributed by atoms with Gasteiger partial charge in [0.05, 0.1) is 7.11 Å². The Kier molecular flexibility index (Phi) is 8.15. The van der Waals surface area contributed by atoms with E-state index in [-0.39, 0.29) is 12.0 Å². The Morgan fingerprint density at radius 2 is 2.07 bits per heavy atom. The fraction of sp³-hybridized carbons (Fsp3) is 0.636. The number of piperidine rings is 1. The zero-order chi connectivity index (χ0) is 20.6. The van der Waals surface area contributed by atoms with Gasteiger partial charge in [0.15, 0.2) is 0 Å². The summed E-state index contributed by atoms with van der Waals surface area (Å²) in [5.41, 5.74) is 0.621. The van der Waals surface area contributed by atoms with Crippen molar-refractivity contribution >= 4 is 12.0 Å². The van der Waals surface area contributed by atoms with Crippen LogP contribution in [0.1, 0.15) is 52.0 Å². The van der Waals surface area contributed by atoms with Crippen molar-refractivity contribution in [3.63, 3.8) is 0 Å². The second kappa shape index (κ2) is 10.3. The van der Waals surface area contributed by atoms with Gasteiger partial charge in [-0.3, -0.25) is 4.79 Å². The minimum Gasteiger partial charge on any atom is -0.497 e. The summed E-state index contributed by atoms with van der Waals surface area (Å²) in [5, 5.41) is 3.01. The van der Waals surface area contributed by atoms with Crippen LogP contribution in [-0.4, -0.2) is 49.2 Å². The summed E-state index contributed by atoms with van der Waals surface area (Å²) in [6.07, 6.45) is 3.86. The molecule has 1 aliphatic rings. The highest BCUT2D eigenvalue weighted by molar-refractivity contribution is 5.76. The molecule has 1 saturated heterocycles. The van der Waals surface area contributed by atoms with E-state index in [9.17, 15) is 9.59 Å². The molecular formula is C22H34N2O4. The van der Waals surface area contributed by atoms with Gasteiger partial charge >= 0.3 is 6.09 Å². The Morgan fingerprint density at radius 3 is 2.79 bits per heavy atom. The summed E-state index contributed by atoms with van der Waals surface area (Å²) in [6, 6.07) is 7.80. The van der Waals surface area contributed by atoms with Gasteiger partial charge in [0.1, 0.15) is 11.4 Å². The minimum absolute atomic E-state index is 0.0580. The third-order valence-corrected chi connectivity index (χ3v) is 4.82. The molecule has 0 saturated carbocycles. The van der Waals surface area contributed by atoms with Gasteiger partial charge in [0, 0.05) is 26.1 Å². The van der Waals surface area contributed by atoms with E-state index in [2.05, 4.69) is 5.32 Å². The van der Waals surface area contributed by atoms with Crippen molar-refractivity contribution in [2.75, 3.05) is 26.7 Å². The number of aryl methyl sites for hydroxylation is 1. The smallest absolute Gasteiger partial charge is 0.410 e. The van der Waals surface area contributed by atoms with Gasteiger partial charge in [-0.25, -0.2) is 4.79 Å². The highest BCUT2D eigenvalue weighted by Gasteiger charge is 2.27. The number of nitrogens with one attached hydrogen (secondary N) is 1. The number of carbonyl (C=O) groups excluding carboxylic acids is 2. The molecule has 0 aromatic heterocycles. The highest BCUT2D eigenvalue weighted by Crippen LogP contribution is 2.21. The molecule has 1 unspecified atom stereocenters. The maximum atomic E-state index is 12.2. The molecule has 6 heteroatoms. The van der Waals surface area contributed by atoms with Gasteiger partial charge in [-0.05, 0) is 70.1 Å². The normalized spacial score (nSPS) is 17.1. The van der Waals surface area contributed by atoms with E-state index in [1.165, 1.54) is 0 Å². The second-order valence-electron chi connectivity index (χ2n) is 8.42. The van der Waals surface area contributed by atoms with Crippen LogP contribution in [0.5, 0.6) is 5.75 Å². The van der Waals surface area contributed by atoms with E-state index in [0.29, 0.717) is 31.8 Å². The van der Waals surface area contributed by atoms with Gasteiger partial charge in [0.2, 0.25) is 5.91 Å². The van der Waals surface area contributed by atoms with Gasteiger partial charge < -0.3 is 19.7 Å². The molecule has 0 bridgehead atoms. The molecule has 0 aliphatic carbocycles. The minimum atomic E-state index is -0.471. The number of ether oxygens (including phenoxy) is 2. The number of likely N-dealkylation sites (tertiary alicyclic amines) is 1. The van der Waals surface area contributed by atoms with Crippen LogP contribution in [0, 0.1) is 5.92 Å². The number of methoxy groups -OCH3 is 1. The van der Waals surface area contributed by atoms with E-state index in [4.69, 9.17) is 9.47 Å². The van der Waals surface area contributed by atoms with Crippen LogP contribution in [0.2, 0.25) is 0 Å². The van der Waals surface area contributed by atoms with Crippen LogP contribution in [-0.2, 0) is 16.0 Å². The lowest BCUT2D eigenvalue weighted by molar-refractivity contribution is -0.121. The molecular weight excluding hydrogens is 356 g/mol. The van der Waals surface area contributed by atoms with Crippen molar-refractivity contribution in [1.29, 1.82) is 0 Å². The monoisotopic (exact) mass is 390 g/mol. The van der Waals surface area contributed by atoms with Crippen molar-refractivity contribution in [1.82, 2.24) is 10.2 Å². The lowest BCUT2D eigenvalue weighted by atomic mass is 9.95. The molecule has 1 N–H and O–H groups in total. The van der Waals surface area contributed by atoms with Crippen molar-refractivity contribution in [2.45, 2.75) is 58.5 Å². The first-order chi connectivity index (χ1) is 13.3. The zero-order valence-corrected chi connectivity index (χ0v) is 17.6. The fourth-order valence-corrected chi connectivity index (χ4v) is 3.38. The summed E-state index contributed by atoms with van der Waals surface area (Å²) >= 11 is 0. The predicted molar refractivity (Wildman–Crippen MR) is 109 cm³/mol. The van der Waals surface area contributed by atoms with Crippen LogP contribution in [0.3, 0.4) is 0 Å². The Hall–Kier alpha value is -2.24. The van der Waals surface area contributed by atoms with Gasteiger partial charge in [-0.15, -0.1) is 0 Å². The molecule has 2 rings (SSSR count). The lowest BCUT2D eigenvalue weighted by Crippen LogP contribution is -2.43. The molecule has 1 heterocycles. The number of nitrogens with zero attached hydrogens (tertiary/aromatic N) is 1. The van der Waals surface area contributed by atoms with Crippen LogP contribution in [0.4, 0.5) is 4.79 Å². The fourth-order valence-electron chi connectivity index (χ4n) is 3.38. The number of rotatable bonds is 7. The van der Waals surface area contributed by atoms with Crippen molar-refractivity contribution in [3.8, 4) is 5.75 Å². The quantitative estimate of drug-likeness (QED) is 0.769. The average Bonchev–Trinajstić information content (AvgIpc) is 2.65. The van der Waals surface area contributed by atoms with E-state index < -0.39 is 5.60 Å². The molecule has 1 aromatic carbocycles. The number of amides is 2. The molecule has 0 spiro atoms. The first kappa shape index (κ1) is 22.1. The number of benzene rings is 1. The number of hydrogen-bond acceptors (Lipinski definition) is 4. The summed E-state index contributed by atoms with van der Waals surface area (Å²) in [6.45, 7) is 7.74. The van der Waals surface area contributed by atoms with Crippen LogP contribution in [0.15, 0.2) is 24.3 Å². The van der Waals surface area contributed by atoms with Crippen molar-refractivity contribution < 1.29 is 19.1 Å². The molecule has 1 aromatic rings. The molecule has 0 radical (unpaired) electrons. The standard InChI is InChI=1S/C22H34N2O4/c1-22(2,3)28-21(26)24-14-6-8-18(16-24)12-13-23-20(25)11-10-17-7-5-9-19(15-17)27-4/h5,7,9,15,18H,6,8,10-14,16H2,1-4H3,(H,23,25). The topological polar surface area (TPSA) is 67.9 Å². The summed E-state index contributed by atoms with van der Waals surface area (Å²) < 4.78 is 10.7. The lowest BCUT2D eigenvalue weighted by Gasteiger charge is -2.34. The SMILES string of the molecule is COc1cccc(CCC(=O)NCCC2CCCN(C(=O)OC(C)(C)C)C2)c1.